The largest absolute Gasteiger partial charge is 0.465 e. The van der Waals surface area contributed by atoms with E-state index in [0.29, 0.717) is 12.1 Å². The minimum atomic E-state index is -0.502. The summed E-state index contributed by atoms with van der Waals surface area (Å²) in [5.74, 6) is -0.0690. The van der Waals surface area contributed by atoms with Crippen molar-refractivity contribution in [2.24, 2.45) is 0 Å². The van der Waals surface area contributed by atoms with Gasteiger partial charge in [0.05, 0.1) is 12.7 Å². The molecule has 0 heterocycles. The molecule has 0 saturated carbocycles. The van der Waals surface area contributed by atoms with E-state index in [9.17, 15) is 9.59 Å². The highest BCUT2D eigenvalue weighted by molar-refractivity contribution is 5.90. The van der Waals surface area contributed by atoms with Crippen molar-refractivity contribution in [1.82, 2.24) is 5.32 Å². The number of methoxy groups -OCH3 is 1. The zero-order valence-electron chi connectivity index (χ0n) is 17.6. The quantitative estimate of drug-likeness (QED) is 0.733. The topological polar surface area (TPSA) is 64.6 Å². The van der Waals surface area contributed by atoms with Crippen molar-refractivity contribution >= 4 is 12.1 Å². The van der Waals surface area contributed by atoms with Gasteiger partial charge >= 0.3 is 12.1 Å². The fourth-order valence-electron chi connectivity index (χ4n) is 3.85. The maximum atomic E-state index is 12.0. The Morgan fingerprint density at radius 3 is 2.48 bits per heavy atom. The van der Waals surface area contributed by atoms with E-state index in [-0.39, 0.29) is 18.0 Å². The van der Waals surface area contributed by atoms with Crippen molar-refractivity contribution in [3.63, 3.8) is 0 Å². The van der Waals surface area contributed by atoms with Crippen LogP contribution < -0.4 is 5.32 Å². The molecule has 1 aliphatic carbocycles. The number of alkyl carbamates (subject to hydrolysis) is 1. The van der Waals surface area contributed by atoms with Gasteiger partial charge in [-0.05, 0) is 74.4 Å². The van der Waals surface area contributed by atoms with Gasteiger partial charge in [0.1, 0.15) is 5.60 Å². The normalized spacial score (nSPS) is 15.9. The van der Waals surface area contributed by atoms with Gasteiger partial charge in [-0.15, -0.1) is 0 Å². The average molecular weight is 395 g/mol. The summed E-state index contributed by atoms with van der Waals surface area (Å²) in [6.45, 7) is 6.15. The number of nitrogens with one attached hydrogen (secondary N) is 1. The Morgan fingerprint density at radius 2 is 1.83 bits per heavy atom. The van der Waals surface area contributed by atoms with Crippen molar-refractivity contribution in [1.29, 1.82) is 0 Å². The maximum Gasteiger partial charge on any atom is 0.407 e. The van der Waals surface area contributed by atoms with E-state index in [1.807, 2.05) is 32.9 Å². The zero-order valence-corrected chi connectivity index (χ0v) is 17.6. The molecule has 1 aliphatic rings. The first-order chi connectivity index (χ1) is 13.8. The minimum Gasteiger partial charge on any atom is -0.465 e. The molecule has 0 aliphatic heterocycles. The SMILES string of the molecule is COC(=O)c1ccc(-c2cccc3c2CCCC3CNC(=O)OC(C)(C)C)cc1. The molecule has 2 aromatic carbocycles. The van der Waals surface area contributed by atoms with Gasteiger partial charge in [-0.2, -0.15) is 0 Å². The van der Waals surface area contributed by atoms with Crippen LogP contribution in [0.1, 0.15) is 61.0 Å². The number of esters is 1. The van der Waals surface area contributed by atoms with E-state index >= 15 is 0 Å². The molecule has 0 radical (unpaired) electrons. The van der Waals surface area contributed by atoms with E-state index in [1.165, 1.54) is 23.8 Å². The second-order valence-electron chi connectivity index (χ2n) is 8.41. The van der Waals surface area contributed by atoms with Crippen LogP contribution >= 0.6 is 0 Å². The Hall–Kier alpha value is -2.82. The molecule has 3 rings (SSSR count). The van der Waals surface area contributed by atoms with Gasteiger partial charge in [0.25, 0.3) is 0 Å². The summed E-state index contributed by atoms with van der Waals surface area (Å²) in [7, 11) is 1.38. The van der Waals surface area contributed by atoms with E-state index < -0.39 is 5.60 Å². The summed E-state index contributed by atoms with van der Waals surface area (Å²) in [4.78, 5) is 23.7. The summed E-state index contributed by atoms with van der Waals surface area (Å²) >= 11 is 0. The number of ether oxygens (including phenoxy) is 2. The van der Waals surface area contributed by atoms with Crippen LogP contribution in [0, 0.1) is 0 Å². The van der Waals surface area contributed by atoms with E-state index in [1.54, 1.807) is 12.1 Å². The van der Waals surface area contributed by atoms with Crippen molar-refractivity contribution < 1.29 is 19.1 Å². The highest BCUT2D eigenvalue weighted by atomic mass is 16.6. The number of carbonyl (C=O) groups excluding carboxylic acids is 2. The van der Waals surface area contributed by atoms with Crippen molar-refractivity contribution in [3.8, 4) is 11.1 Å². The molecule has 0 aromatic heterocycles. The van der Waals surface area contributed by atoms with Crippen LogP contribution in [0.2, 0.25) is 0 Å². The van der Waals surface area contributed by atoms with Gasteiger partial charge in [0.15, 0.2) is 0 Å². The molecule has 1 amide bonds. The molecule has 0 spiro atoms. The van der Waals surface area contributed by atoms with Crippen molar-refractivity contribution in [3.05, 3.63) is 59.2 Å². The first kappa shape index (κ1) is 20.9. The molecule has 1 atom stereocenters. The Kier molecular flexibility index (Phi) is 6.26. The number of carbonyl (C=O) groups is 2. The standard InChI is InChI=1S/C24H29NO4/c1-24(2,3)29-23(27)25-15-18-7-5-10-21-19(8-6-9-20(18)21)16-11-13-17(14-12-16)22(26)28-4/h6,8-9,11-14,18H,5,7,10,15H2,1-4H3,(H,25,27). The summed E-state index contributed by atoms with van der Waals surface area (Å²) in [5.41, 5.74) is 4.90. The highest BCUT2D eigenvalue weighted by Gasteiger charge is 2.24. The lowest BCUT2D eigenvalue weighted by Gasteiger charge is -2.28. The molecule has 0 saturated heterocycles. The lowest BCUT2D eigenvalue weighted by molar-refractivity contribution is 0.0522. The van der Waals surface area contributed by atoms with Crippen LogP contribution in [-0.2, 0) is 15.9 Å². The molecule has 0 fully saturated rings. The van der Waals surface area contributed by atoms with E-state index in [4.69, 9.17) is 9.47 Å². The van der Waals surface area contributed by atoms with Crippen LogP contribution in [0.15, 0.2) is 42.5 Å². The Labute approximate surface area is 172 Å². The molecular formula is C24H29NO4. The Balaban J connectivity index is 1.79. The predicted octanol–water partition coefficient (Wildman–Crippen LogP) is 5.08. The maximum absolute atomic E-state index is 12.0. The molecule has 1 N–H and O–H groups in total. The molecule has 2 aromatic rings. The lowest BCUT2D eigenvalue weighted by Crippen LogP contribution is -2.35. The molecule has 5 nitrogen and oxygen atoms in total. The van der Waals surface area contributed by atoms with Gasteiger partial charge in [0.2, 0.25) is 0 Å². The molecular weight excluding hydrogens is 366 g/mol. The first-order valence-corrected chi connectivity index (χ1v) is 10.1. The van der Waals surface area contributed by atoms with Crippen LogP contribution in [-0.4, -0.2) is 31.3 Å². The molecule has 1 unspecified atom stereocenters. The first-order valence-electron chi connectivity index (χ1n) is 10.1. The van der Waals surface area contributed by atoms with Crippen LogP contribution in [0.4, 0.5) is 4.79 Å². The highest BCUT2D eigenvalue weighted by Crippen LogP contribution is 2.37. The molecule has 29 heavy (non-hydrogen) atoms. The lowest BCUT2D eigenvalue weighted by atomic mass is 9.79. The second-order valence-corrected chi connectivity index (χ2v) is 8.41. The predicted molar refractivity (Wildman–Crippen MR) is 113 cm³/mol. The number of benzene rings is 2. The van der Waals surface area contributed by atoms with Crippen molar-refractivity contribution in [2.45, 2.75) is 51.6 Å². The third-order valence-corrected chi connectivity index (χ3v) is 5.14. The van der Waals surface area contributed by atoms with Gasteiger partial charge in [-0.3, -0.25) is 0 Å². The zero-order chi connectivity index (χ0) is 21.0. The molecule has 0 bridgehead atoms. The van der Waals surface area contributed by atoms with Crippen LogP contribution in [0.25, 0.3) is 11.1 Å². The van der Waals surface area contributed by atoms with Gasteiger partial charge in [-0.1, -0.05) is 30.3 Å². The molecule has 5 heteroatoms. The Morgan fingerprint density at radius 1 is 1.10 bits per heavy atom. The second kappa shape index (κ2) is 8.68. The van der Waals surface area contributed by atoms with Crippen LogP contribution in [0.5, 0.6) is 0 Å². The monoisotopic (exact) mass is 395 g/mol. The van der Waals surface area contributed by atoms with Crippen LogP contribution in [0.3, 0.4) is 0 Å². The summed E-state index contributed by atoms with van der Waals surface area (Å²) in [5, 5.41) is 2.92. The number of fused-ring (bicyclic) bond motifs is 1. The number of rotatable bonds is 4. The smallest absolute Gasteiger partial charge is 0.407 e. The molecule has 154 valence electrons. The number of hydrogen-bond donors (Lipinski definition) is 1. The average Bonchev–Trinajstić information content (AvgIpc) is 2.70. The fraction of sp³-hybridized carbons (Fsp3) is 0.417. The number of amides is 1. The van der Waals surface area contributed by atoms with Gasteiger partial charge < -0.3 is 14.8 Å². The summed E-state index contributed by atoms with van der Waals surface area (Å²) < 4.78 is 10.1. The minimum absolute atomic E-state index is 0.264. The van der Waals surface area contributed by atoms with Crippen molar-refractivity contribution in [2.75, 3.05) is 13.7 Å². The van der Waals surface area contributed by atoms with E-state index in [0.717, 1.165) is 24.8 Å². The van der Waals surface area contributed by atoms with E-state index in [2.05, 4.69) is 23.5 Å². The van der Waals surface area contributed by atoms with Gasteiger partial charge in [0, 0.05) is 12.5 Å². The number of hydrogen-bond acceptors (Lipinski definition) is 4. The third-order valence-electron chi connectivity index (χ3n) is 5.14. The fourth-order valence-corrected chi connectivity index (χ4v) is 3.85. The third kappa shape index (κ3) is 5.17. The summed E-state index contributed by atoms with van der Waals surface area (Å²) in [6.07, 6.45) is 2.74. The summed E-state index contributed by atoms with van der Waals surface area (Å²) in [6, 6.07) is 13.9. The Bertz CT molecular complexity index is 881. The van der Waals surface area contributed by atoms with Gasteiger partial charge in [-0.25, -0.2) is 9.59 Å².